The number of hydrogen-bond acceptors (Lipinski definition) is 4. The Labute approximate surface area is 103 Å². The van der Waals surface area contributed by atoms with E-state index in [1.807, 2.05) is 18.2 Å². The fourth-order valence-electron chi connectivity index (χ4n) is 1.70. The average molecular weight is 245 g/mol. The molecule has 18 heavy (non-hydrogen) atoms. The summed E-state index contributed by atoms with van der Waals surface area (Å²) in [5.41, 5.74) is 0.952. The number of hydrogen-bond donors (Lipinski definition) is 1. The summed E-state index contributed by atoms with van der Waals surface area (Å²) in [6, 6.07) is 5.37. The molecule has 0 spiro atoms. The molecule has 0 atom stereocenters. The maximum absolute atomic E-state index is 11.7. The number of carbonyl (C=O) groups is 1. The second-order valence-corrected chi connectivity index (χ2v) is 3.82. The molecule has 1 N–H and O–H groups in total. The summed E-state index contributed by atoms with van der Waals surface area (Å²) in [5.74, 6) is 1.45. The maximum atomic E-state index is 11.7. The minimum Gasteiger partial charge on any atom is -0.454 e. The Kier molecular flexibility index (Phi) is 2.60. The van der Waals surface area contributed by atoms with Crippen LogP contribution in [0.15, 0.2) is 36.9 Å². The zero-order valence-electron chi connectivity index (χ0n) is 9.50. The smallest absolute Gasteiger partial charge is 0.327 e. The molecule has 0 saturated carbocycles. The summed E-state index contributed by atoms with van der Waals surface area (Å²) in [6.07, 6.45) is 4.60. The van der Waals surface area contributed by atoms with Gasteiger partial charge in [0, 0.05) is 18.9 Å². The highest BCUT2D eigenvalue weighted by atomic mass is 16.7. The van der Waals surface area contributed by atoms with Gasteiger partial charge in [0.25, 0.3) is 0 Å². The molecule has 2 aromatic rings. The second-order valence-electron chi connectivity index (χ2n) is 3.82. The maximum Gasteiger partial charge on any atom is 0.327 e. The summed E-state index contributed by atoms with van der Waals surface area (Å²) < 4.78 is 11.9. The van der Waals surface area contributed by atoms with Gasteiger partial charge in [-0.3, -0.25) is 4.57 Å². The minimum absolute atomic E-state index is 0.217. The standard InChI is InChI=1S/C12H11N3O3/c16-12(15-4-3-13-7-15)14-6-9-1-2-10-11(5-9)18-8-17-10/h1-5,7H,6,8H2,(H,14,16). The number of aromatic nitrogens is 2. The van der Waals surface area contributed by atoms with Crippen LogP contribution in [0.1, 0.15) is 5.56 Å². The van der Waals surface area contributed by atoms with E-state index in [-0.39, 0.29) is 12.8 Å². The Balaban J connectivity index is 1.65. The monoisotopic (exact) mass is 245 g/mol. The first kappa shape index (κ1) is 10.6. The molecule has 1 aromatic heterocycles. The van der Waals surface area contributed by atoms with Gasteiger partial charge in [-0.1, -0.05) is 6.07 Å². The first-order valence-corrected chi connectivity index (χ1v) is 5.47. The van der Waals surface area contributed by atoms with Gasteiger partial charge in [-0.05, 0) is 17.7 Å². The largest absolute Gasteiger partial charge is 0.454 e. The van der Waals surface area contributed by atoms with Gasteiger partial charge in [0.2, 0.25) is 6.79 Å². The zero-order chi connectivity index (χ0) is 12.4. The molecule has 92 valence electrons. The van der Waals surface area contributed by atoms with Crippen LogP contribution in [0, 0.1) is 0 Å². The lowest BCUT2D eigenvalue weighted by atomic mass is 10.2. The quantitative estimate of drug-likeness (QED) is 0.867. The van der Waals surface area contributed by atoms with Crippen LogP contribution in [0.2, 0.25) is 0 Å². The van der Waals surface area contributed by atoms with Crippen LogP contribution < -0.4 is 14.8 Å². The van der Waals surface area contributed by atoms with Gasteiger partial charge >= 0.3 is 6.03 Å². The topological polar surface area (TPSA) is 65.4 Å². The molecule has 2 heterocycles. The molecule has 0 aliphatic carbocycles. The van der Waals surface area contributed by atoms with Gasteiger partial charge in [-0.25, -0.2) is 9.78 Å². The van der Waals surface area contributed by atoms with Gasteiger partial charge < -0.3 is 14.8 Å². The Morgan fingerprint density at radius 1 is 1.39 bits per heavy atom. The van der Waals surface area contributed by atoms with E-state index in [4.69, 9.17) is 9.47 Å². The normalized spacial score (nSPS) is 12.4. The van der Waals surface area contributed by atoms with Crippen molar-refractivity contribution in [2.45, 2.75) is 6.54 Å². The van der Waals surface area contributed by atoms with E-state index >= 15 is 0 Å². The second kappa shape index (κ2) is 4.40. The zero-order valence-corrected chi connectivity index (χ0v) is 9.50. The Hall–Kier alpha value is -2.50. The molecular weight excluding hydrogens is 234 g/mol. The van der Waals surface area contributed by atoms with Crippen LogP contribution in [0.5, 0.6) is 11.5 Å². The molecule has 6 heteroatoms. The first-order chi connectivity index (χ1) is 8.83. The molecular formula is C12H11N3O3. The molecule has 6 nitrogen and oxygen atoms in total. The van der Waals surface area contributed by atoms with Gasteiger partial charge in [0.05, 0.1) is 0 Å². The van der Waals surface area contributed by atoms with Crippen LogP contribution in [0.3, 0.4) is 0 Å². The number of rotatable bonds is 2. The number of nitrogens with one attached hydrogen (secondary N) is 1. The lowest BCUT2D eigenvalue weighted by molar-refractivity contribution is 0.174. The number of imidazole rings is 1. The molecule has 1 amide bonds. The molecule has 1 aliphatic rings. The lowest BCUT2D eigenvalue weighted by Crippen LogP contribution is -2.26. The van der Waals surface area contributed by atoms with Crippen molar-refractivity contribution in [3.05, 3.63) is 42.5 Å². The van der Waals surface area contributed by atoms with Crippen molar-refractivity contribution in [3.63, 3.8) is 0 Å². The third-order valence-corrected chi connectivity index (χ3v) is 2.62. The lowest BCUT2D eigenvalue weighted by Gasteiger charge is -2.06. The van der Waals surface area contributed by atoms with Crippen molar-refractivity contribution in [3.8, 4) is 11.5 Å². The molecule has 3 rings (SSSR count). The number of benzene rings is 1. The molecule has 1 aromatic carbocycles. The van der Waals surface area contributed by atoms with Crippen LogP contribution in [0.25, 0.3) is 0 Å². The molecule has 1 aliphatic heterocycles. The highest BCUT2D eigenvalue weighted by molar-refractivity contribution is 5.76. The van der Waals surface area contributed by atoms with E-state index in [9.17, 15) is 4.79 Å². The van der Waals surface area contributed by atoms with E-state index in [2.05, 4.69) is 10.3 Å². The number of ether oxygens (including phenoxy) is 2. The van der Waals surface area contributed by atoms with Crippen molar-refractivity contribution in [2.24, 2.45) is 0 Å². The van der Waals surface area contributed by atoms with E-state index in [1.54, 1.807) is 12.4 Å². The van der Waals surface area contributed by atoms with E-state index in [0.717, 1.165) is 11.3 Å². The Bertz CT molecular complexity index is 566. The number of fused-ring (bicyclic) bond motifs is 1. The van der Waals surface area contributed by atoms with Crippen LogP contribution in [-0.2, 0) is 6.54 Å². The predicted molar refractivity (Wildman–Crippen MR) is 62.4 cm³/mol. The van der Waals surface area contributed by atoms with Gasteiger partial charge in [0.15, 0.2) is 11.5 Å². The summed E-state index contributed by atoms with van der Waals surface area (Å²) in [4.78, 5) is 15.5. The highest BCUT2D eigenvalue weighted by Crippen LogP contribution is 2.32. The highest BCUT2D eigenvalue weighted by Gasteiger charge is 2.13. The Morgan fingerprint density at radius 3 is 3.11 bits per heavy atom. The first-order valence-electron chi connectivity index (χ1n) is 5.47. The Morgan fingerprint density at radius 2 is 2.28 bits per heavy atom. The average Bonchev–Trinajstić information content (AvgIpc) is 3.05. The van der Waals surface area contributed by atoms with Crippen molar-refractivity contribution < 1.29 is 14.3 Å². The summed E-state index contributed by atoms with van der Waals surface area (Å²) in [5, 5.41) is 2.78. The van der Waals surface area contributed by atoms with E-state index in [1.165, 1.54) is 10.9 Å². The summed E-state index contributed by atoms with van der Waals surface area (Å²) >= 11 is 0. The SMILES string of the molecule is O=C(NCc1ccc2c(c1)OCO2)n1ccnc1. The van der Waals surface area contributed by atoms with Crippen LogP contribution >= 0.6 is 0 Å². The minimum atomic E-state index is -0.217. The predicted octanol–water partition coefficient (Wildman–Crippen LogP) is 1.37. The third-order valence-electron chi connectivity index (χ3n) is 2.62. The van der Waals surface area contributed by atoms with Gasteiger partial charge in [-0.15, -0.1) is 0 Å². The molecule has 0 radical (unpaired) electrons. The number of carbonyl (C=O) groups excluding carboxylic acids is 1. The van der Waals surface area contributed by atoms with E-state index < -0.39 is 0 Å². The summed E-state index contributed by atoms with van der Waals surface area (Å²) in [6.45, 7) is 0.674. The third kappa shape index (κ3) is 2.00. The summed E-state index contributed by atoms with van der Waals surface area (Å²) in [7, 11) is 0. The molecule has 0 bridgehead atoms. The van der Waals surface area contributed by atoms with Crippen molar-refractivity contribution in [1.82, 2.24) is 14.9 Å². The fourth-order valence-corrected chi connectivity index (χ4v) is 1.70. The van der Waals surface area contributed by atoms with Crippen LogP contribution in [0.4, 0.5) is 4.79 Å². The van der Waals surface area contributed by atoms with Crippen molar-refractivity contribution in [1.29, 1.82) is 0 Å². The van der Waals surface area contributed by atoms with Gasteiger partial charge in [0.1, 0.15) is 6.33 Å². The number of nitrogens with zero attached hydrogens (tertiary/aromatic N) is 2. The molecule has 0 unspecified atom stereocenters. The van der Waals surface area contributed by atoms with Gasteiger partial charge in [-0.2, -0.15) is 0 Å². The number of amides is 1. The molecule has 0 fully saturated rings. The van der Waals surface area contributed by atoms with Crippen molar-refractivity contribution >= 4 is 6.03 Å². The van der Waals surface area contributed by atoms with Crippen molar-refractivity contribution in [2.75, 3.05) is 6.79 Å². The fraction of sp³-hybridized carbons (Fsp3) is 0.167. The van der Waals surface area contributed by atoms with Crippen LogP contribution in [-0.4, -0.2) is 22.4 Å². The molecule has 0 saturated heterocycles. The van der Waals surface area contributed by atoms with E-state index in [0.29, 0.717) is 12.3 Å².